The summed E-state index contributed by atoms with van der Waals surface area (Å²) in [6.07, 6.45) is 1.81. The second kappa shape index (κ2) is 6.90. The lowest BCUT2D eigenvalue weighted by Gasteiger charge is -2.03. The van der Waals surface area contributed by atoms with Crippen molar-refractivity contribution in [3.05, 3.63) is 88.7 Å². The zero-order chi connectivity index (χ0) is 18.1. The van der Waals surface area contributed by atoms with Crippen molar-refractivity contribution in [2.24, 2.45) is 4.99 Å². The Balaban J connectivity index is 1.94. The normalized spacial score (nSPS) is 12.0. The summed E-state index contributed by atoms with van der Waals surface area (Å²) in [5.74, 6) is -0.282. The van der Waals surface area contributed by atoms with Gasteiger partial charge in [-0.3, -0.25) is 4.79 Å². The van der Waals surface area contributed by atoms with Gasteiger partial charge in [-0.25, -0.2) is 0 Å². The molecule has 0 atom stereocenters. The Bertz CT molecular complexity index is 1200. The Morgan fingerprint density at radius 2 is 1.88 bits per heavy atom. The minimum Gasteiger partial charge on any atom is -0.312 e. The molecule has 1 amide bonds. The minimum atomic E-state index is -0.282. The molecule has 0 fully saturated rings. The number of aromatic nitrogens is 1. The van der Waals surface area contributed by atoms with Gasteiger partial charge in [0.15, 0.2) is 4.80 Å². The number of nitrogens with zero attached hydrogens (tertiary/aromatic N) is 2. The molecule has 0 aliphatic heterocycles. The van der Waals surface area contributed by atoms with Crippen molar-refractivity contribution in [1.82, 2.24) is 4.57 Å². The Labute approximate surface area is 159 Å². The fourth-order valence-corrected chi connectivity index (χ4v) is 4.23. The molecule has 0 unspecified atom stereocenters. The summed E-state index contributed by atoms with van der Waals surface area (Å²) < 4.78 is 3.14. The minimum absolute atomic E-state index is 0.282. The summed E-state index contributed by atoms with van der Waals surface area (Å²) in [4.78, 5) is 17.6. The van der Waals surface area contributed by atoms with Crippen molar-refractivity contribution in [3.63, 3.8) is 0 Å². The molecule has 1 heterocycles. The number of hydrogen-bond donors (Lipinski definition) is 0. The van der Waals surface area contributed by atoms with Crippen LogP contribution in [0.1, 0.15) is 10.4 Å². The number of carbonyl (C=O) groups excluding carboxylic acids is 1. The molecule has 0 N–H and O–H groups in total. The highest BCUT2D eigenvalue weighted by Gasteiger charge is 2.11. The van der Waals surface area contributed by atoms with Gasteiger partial charge in [-0.1, -0.05) is 59.3 Å². The van der Waals surface area contributed by atoms with Gasteiger partial charge in [0.2, 0.25) is 0 Å². The Kier molecular flexibility index (Phi) is 4.45. The molecular formula is C21H15ClN2OS. The Hall–Kier alpha value is -2.69. The van der Waals surface area contributed by atoms with E-state index in [1.54, 1.807) is 24.3 Å². The SMILES string of the molecule is C=CCn1c(=NC(=O)c2ccc(Cl)cc2)sc2c3ccccc3ccc21. The van der Waals surface area contributed by atoms with Crippen LogP contribution in [-0.4, -0.2) is 10.5 Å². The van der Waals surface area contributed by atoms with Crippen LogP contribution in [-0.2, 0) is 6.54 Å². The van der Waals surface area contributed by atoms with Gasteiger partial charge >= 0.3 is 0 Å². The van der Waals surface area contributed by atoms with Gasteiger partial charge in [-0.2, -0.15) is 4.99 Å². The summed E-state index contributed by atoms with van der Waals surface area (Å²) in [6, 6.07) is 19.2. The van der Waals surface area contributed by atoms with E-state index in [4.69, 9.17) is 11.6 Å². The first-order chi connectivity index (χ1) is 12.7. The maximum Gasteiger partial charge on any atom is 0.279 e. The van der Waals surface area contributed by atoms with Gasteiger partial charge in [0.1, 0.15) is 0 Å². The number of thiazole rings is 1. The van der Waals surface area contributed by atoms with Crippen molar-refractivity contribution in [2.45, 2.75) is 6.54 Å². The molecule has 0 aliphatic carbocycles. The zero-order valence-corrected chi connectivity index (χ0v) is 15.4. The predicted molar refractivity (Wildman–Crippen MR) is 109 cm³/mol. The van der Waals surface area contributed by atoms with E-state index in [1.807, 2.05) is 22.8 Å². The van der Waals surface area contributed by atoms with Gasteiger partial charge in [0, 0.05) is 22.5 Å². The Morgan fingerprint density at radius 3 is 2.65 bits per heavy atom. The van der Waals surface area contributed by atoms with E-state index in [-0.39, 0.29) is 5.91 Å². The zero-order valence-electron chi connectivity index (χ0n) is 13.9. The largest absolute Gasteiger partial charge is 0.312 e. The van der Waals surface area contributed by atoms with Gasteiger partial charge in [-0.05, 0) is 35.7 Å². The van der Waals surface area contributed by atoms with E-state index in [9.17, 15) is 4.79 Å². The molecule has 0 spiro atoms. The van der Waals surface area contributed by atoms with Gasteiger partial charge in [0.25, 0.3) is 5.91 Å². The van der Waals surface area contributed by atoms with Gasteiger partial charge < -0.3 is 4.57 Å². The first kappa shape index (κ1) is 16.8. The van der Waals surface area contributed by atoms with Crippen LogP contribution in [0.25, 0.3) is 21.0 Å². The van der Waals surface area contributed by atoms with E-state index in [0.29, 0.717) is 21.9 Å². The summed E-state index contributed by atoms with van der Waals surface area (Å²) in [7, 11) is 0. The number of halogens is 1. The lowest BCUT2D eigenvalue weighted by Crippen LogP contribution is -2.16. The predicted octanol–water partition coefficient (Wildman–Crippen LogP) is 5.44. The second-order valence-electron chi connectivity index (χ2n) is 5.84. The number of carbonyl (C=O) groups is 1. The average molecular weight is 379 g/mol. The first-order valence-electron chi connectivity index (χ1n) is 8.14. The smallest absolute Gasteiger partial charge is 0.279 e. The molecule has 0 saturated carbocycles. The summed E-state index contributed by atoms with van der Waals surface area (Å²) in [5.41, 5.74) is 1.57. The van der Waals surface area contributed by atoms with Gasteiger partial charge in [0.05, 0.1) is 10.2 Å². The van der Waals surface area contributed by atoms with Crippen LogP contribution in [0.5, 0.6) is 0 Å². The van der Waals surface area contributed by atoms with Crippen molar-refractivity contribution in [1.29, 1.82) is 0 Å². The number of fused-ring (bicyclic) bond motifs is 3. The monoisotopic (exact) mass is 378 g/mol. The third-order valence-corrected chi connectivity index (χ3v) is 5.55. The maximum absolute atomic E-state index is 12.6. The molecule has 128 valence electrons. The molecule has 0 aliphatic rings. The van der Waals surface area contributed by atoms with Crippen LogP contribution in [0.2, 0.25) is 5.02 Å². The van der Waals surface area contributed by atoms with Crippen molar-refractivity contribution in [3.8, 4) is 0 Å². The summed E-state index contributed by atoms with van der Waals surface area (Å²) >= 11 is 7.42. The quantitative estimate of drug-likeness (QED) is 0.437. The van der Waals surface area contributed by atoms with Gasteiger partial charge in [-0.15, -0.1) is 6.58 Å². The van der Waals surface area contributed by atoms with E-state index >= 15 is 0 Å². The maximum atomic E-state index is 12.6. The topological polar surface area (TPSA) is 34.4 Å². The third kappa shape index (κ3) is 2.98. The summed E-state index contributed by atoms with van der Waals surface area (Å²) in [6.45, 7) is 4.42. The van der Waals surface area contributed by atoms with Crippen molar-refractivity contribution >= 4 is 49.8 Å². The van der Waals surface area contributed by atoms with Crippen LogP contribution in [0, 0.1) is 0 Å². The molecule has 0 saturated heterocycles. The fraction of sp³-hybridized carbons (Fsp3) is 0.0476. The molecule has 0 radical (unpaired) electrons. The van der Waals surface area contributed by atoms with Crippen LogP contribution in [0.4, 0.5) is 0 Å². The van der Waals surface area contributed by atoms with Crippen molar-refractivity contribution in [2.75, 3.05) is 0 Å². The highest BCUT2D eigenvalue weighted by Crippen LogP contribution is 2.27. The highest BCUT2D eigenvalue weighted by molar-refractivity contribution is 7.17. The Morgan fingerprint density at radius 1 is 1.12 bits per heavy atom. The van der Waals surface area contributed by atoms with E-state index in [1.165, 1.54) is 16.7 Å². The lowest BCUT2D eigenvalue weighted by atomic mass is 10.1. The first-order valence-corrected chi connectivity index (χ1v) is 9.33. The van der Waals surface area contributed by atoms with E-state index in [2.05, 4.69) is 35.8 Å². The second-order valence-corrected chi connectivity index (χ2v) is 7.26. The number of benzene rings is 3. The van der Waals surface area contributed by atoms with E-state index in [0.717, 1.165) is 15.6 Å². The van der Waals surface area contributed by atoms with Crippen LogP contribution in [0.3, 0.4) is 0 Å². The molecule has 0 bridgehead atoms. The van der Waals surface area contributed by atoms with Crippen LogP contribution >= 0.6 is 22.9 Å². The molecular weight excluding hydrogens is 364 g/mol. The standard InChI is InChI=1S/C21H15ClN2OS/c1-2-13-24-18-12-9-14-5-3-4-6-17(14)19(18)26-21(24)23-20(25)15-7-10-16(22)11-8-15/h2-12H,1,13H2. The molecule has 4 aromatic rings. The molecule has 3 aromatic carbocycles. The molecule has 4 rings (SSSR count). The van der Waals surface area contributed by atoms with Crippen LogP contribution < -0.4 is 4.80 Å². The average Bonchev–Trinajstić information content (AvgIpc) is 3.00. The van der Waals surface area contributed by atoms with Crippen molar-refractivity contribution < 1.29 is 4.79 Å². The highest BCUT2D eigenvalue weighted by atomic mass is 35.5. The number of amides is 1. The fourth-order valence-electron chi connectivity index (χ4n) is 2.93. The molecule has 1 aromatic heterocycles. The van der Waals surface area contributed by atoms with E-state index < -0.39 is 0 Å². The third-order valence-electron chi connectivity index (χ3n) is 4.17. The van der Waals surface area contributed by atoms with Crippen LogP contribution in [0.15, 0.2) is 78.3 Å². The molecule has 3 nitrogen and oxygen atoms in total. The summed E-state index contributed by atoms with van der Waals surface area (Å²) in [5, 5.41) is 2.92. The lowest BCUT2D eigenvalue weighted by molar-refractivity contribution is 0.0998. The molecule has 26 heavy (non-hydrogen) atoms. The number of hydrogen-bond acceptors (Lipinski definition) is 2. The number of allylic oxidation sites excluding steroid dienone is 1. The number of rotatable bonds is 3. The molecule has 5 heteroatoms.